The Morgan fingerprint density at radius 3 is 2.74 bits per heavy atom. The van der Waals surface area contributed by atoms with E-state index in [4.69, 9.17) is 4.74 Å². The van der Waals surface area contributed by atoms with Gasteiger partial charge in [-0.3, -0.25) is 4.98 Å². The molecule has 1 aliphatic rings. The summed E-state index contributed by atoms with van der Waals surface area (Å²) in [6.45, 7) is 8.68. The third-order valence-corrected chi connectivity index (χ3v) is 4.25. The largest absolute Gasteiger partial charge is 0.374 e. The molecule has 3 unspecified atom stereocenters. The average molecular weight is 262 g/mol. The first kappa shape index (κ1) is 14.5. The second kappa shape index (κ2) is 6.49. The highest BCUT2D eigenvalue weighted by Gasteiger charge is 2.41. The van der Waals surface area contributed by atoms with E-state index in [0.717, 1.165) is 26.0 Å². The molecule has 1 aliphatic heterocycles. The van der Waals surface area contributed by atoms with Crippen molar-refractivity contribution >= 4 is 0 Å². The van der Waals surface area contributed by atoms with Gasteiger partial charge in [0.05, 0.1) is 5.60 Å². The lowest BCUT2D eigenvalue weighted by Crippen LogP contribution is -2.51. The fourth-order valence-electron chi connectivity index (χ4n) is 3.13. The summed E-state index contributed by atoms with van der Waals surface area (Å²) in [7, 11) is 0. The Morgan fingerprint density at radius 1 is 1.42 bits per heavy atom. The Morgan fingerprint density at radius 2 is 2.16 bits per heavy atom. The van der Waals surface area contributed by atoms with Gasteiger partial charge in [0.2, 0.25) is 0 Å². The zero-order chi connectivity index (χ0) is 13.7. The Balaban J connectivity index is 2.17. The van der Waals surface area contributed by atoms with E-state index in [1.165, 1.54) is 12.0 Å². The van der Waals surface area contributed by atoms with Crippen LogP contribution in [0.5, 0.6) is 0 Å². The molecule has 19 heavy (non-hydrogen) atoms. The Labute approximate surface area is 116 Å². The first-order chi connectivity index (χ1) is 9.17. The molecule has 2 heterocycles. The van der Waals surface area contributed by atoms with E-state index in [9.17, 15) is 0 Å². The topological polar surface area (TPSA) is 34.2 Å². The Bertz CT molecular complexity index is 374. The van der Waals surface area contributed by atoms with Crippen LogP contribution in [0.1, 0.15) is 51.5 Å². The van der Waals surface area contributed by atoms with E-state index >= 15 is 0 Å². The van der Waals surface area contributed by atoms with E-state index in [1.807, 2.05) is 12.4 Å². The molecule has 1 fully saturated rings. The summed E-state index contributed by atoms with van der Waals surface area (Å²) in [4.78, 5) is 4.11. The molecule has 3 heteroatoms. The van der Waals surface area contributed by atoms with Crippen molar-refractivity contribution in [1.29, 1.82) is 0 Å². The number of pyridine rings is 1. The summed E-state index contributed by atoms with van der Waals surface area (Å²) in [5.74, 6) is 0.428. The number of hydrogen-bond donors (Lipinski definition) is 1. The summed E-state index contributed by atoms with van der Waals surface area (Å²) < 4.78 is 6.06. The predicted octanol–water partition coefficient (Wildman–Crippen LogP) is 3.12. The Hall–Kier alpha value is -0.930. The summed E-state index contributed by atoms with van der Waals surface area (Å²) in [6, 6.07) is 4.59. The fourth-order valence-corrected chi connectivity index (χ4v) is 3.13. The molecular formula is C16H26N2O. The van der Waals surface area contributed by atoms with Gasteiger partial charge >= 0.3 is 0 Å². The molecule has 3 atom stereocenters. The average Bonchev–Trinajstić information content (AvgIpc) is 2.87. The number of ether oxygens (including phenoxy) is 1. The van der Waals surface area contributed by atoms with Gasteiger partial charge in [0.25, 0.3) is 0 Å². The molecule has 0 radical (unpaired) electrons. The molecule has 1 aromatic rings. The van der Waals surface area contributed by atoms with Gasteiger partial charge in [-0.2, -0.15) is 0 Å². The maximum Gasteiger partial charge on any atom is 0.0813 e. The minimum Gasteiger partial charge on any atom is -0.374 e. The molecule has 106 valence electrons. The Kier molecular flexibility index (Phi) is 4.94. The van der Waals surface area contributed by atoms with Crippen LogP contribution in [0.15, 0.2) is 24.5 Å². The molecule has 1 aromatic heterocycles. The highest BCUT2D eigenvalue weighted by molar-refractivity contribution is 5.19. The van der Waals surface area contributed by atoms with Crippen LogP contribution < -0.4 is 5.32 Å². The molecule has 0 aliphatic carbocycles. The summed E-state index contributed by atoms with van der Waals surface area (Å²) >= 11 is 0. The van der Waals surface area contributed by atoms with E-state index in [1.54, 1.807) is 0 Å². The minimum absolute atomic E-state index is 0.0438. The second-order valence-corrected chi connectivity index (χ2v) is 5.77. The van der Waals surface area contributed by atoms with Crippen molar-refractivity contribution in [3.05, 3.63) is 30.1 Å². The summed E-state index contributed by atoms with van der Waals surface area (Å²) in [5, 5.41) is 3.70. The molecule has 0 saturated carbocycles. The van der Waals surface area contributed by atoms with Crippen molar-refractivity contribution < 1.29 is 4.74 Å². The van der Waals surface area contributed by atoms with Crippen LogP contribution >= 0.6 is 0 Å². The van der Waals surface area contributed by atoms with Gasteiger partial charge in [0.15, 0.2) is 0 Å². The second-order valence-electron chi connectivity index (χ2n) is 5.77. The van der Waals surface area contributed by atoms with Crippen molar-refractivity contribution in [2.75, 3.05) is 13.2 Å². The van der Waals surface area contributed by atoms with Crippen LogP contribution in [0.2, 0.25) is 0 Å². The molecule has 0 spiro atoms. The third-order valence-electron chi connectivity index (χ3n) is 4.25. The summed E-state index contributed by atoms with van der Waals surface area (Å²) in [5.41, 5.74) is 1.29. The van der Waals surface area contributed by atoms with Crippen molar-refractivity contribution in [2.45, 2.75) is 57.6 Å². The maximum absolute atomic E-state index is 6.06. The molecule has 0 aromatic carbocycles. The molecule has 2 rings (SSSR count). The van der Waals surface area contributed by atoms with Crippen molar-refractivity contribution in [1.82, 2.24) is 10.3 Å². The van der Waals surface area contributed by atoms with Gasteiger partial charge in [-0.25, -0.2) is 0 Å². The van der Waals surface area contributed by atoms with E-state index in [2.05, 4.69) is 43.2 Å². The monoisotopic (exact) mass is 262 g/mol. The predicted molar refractivity (Wildman–Crippen MR) is 78.3 cm³/mol. The normalized spacial score (nSPS) is 26.3. The third kappa shape index (κ3) is 3.34. The number of rotatable bonds is 6. The van der Waals surface area contributed by atoms with Crippen molar-refractivity contribution in [2.24, 2.45) is 0 Å². The van der Waals surface area contributed by atoms with Gasteiger partial charge < -0.3 is 10.1 Å². The molecular weight excluding hydrogens is 236 g/mol. The van der Waals surface area contributed by atoms with E-state index < -0.39 is 0 Å². The van der Waals surface area contributed by atoms with Gasteiger partial charge in [-0.05, 0) is 56.3 Å². The van der Waals surface area contributed by atoms with Gasteiger partial charge in [-0.15, -0.1) is 0 Å². The number of aromatic nitrogens is 1. The zero-order valence-corrected chi connectivity index (χ0v) is 12.4. The molecule has 3 nitrogen and oxygen atoms in total. The summed E-state index contributed by atoms with van der Waals surface area (Å²) in [6.07, 6.45) is 7.21. The van der Waals surface area contributed by atoms with Crippen LogP contribution in [-0.2, 0) is 4.74 Å². The number of nitrogens with one attached hydrogen (secondary N) is 1. The van der Waals surface area contributed by atoms with Crippen LogP contribution in [0.25, 0.3) is 0 Å². The zero-order valence-electron chi connectivity index (χ0n) is 12.4. The quantitative estimate of drug-likeness (QED) is 0.855. The van der Waals surface area contributed by atoms with E-state index in [-0.39, 0.29) is 5.60 Å². The number of hydrogen-bond acceptors (Lipinski definition) is 3. The first-order valence-corrected chi connectivity index (χ1v) is 7.44. The molecule has 1 N–H and O–H groups in total. The maximum atomic E-state index is 6.06. The van der Waals surface area contributed by atoms with Gasteiger partial charge in [0, 0.05) is 25.0 Å². The van der Waals surface area contributed by atoms with Crippen LogP contribution in [0.4, 0.5) is 0 Å². The smallest absolute Gasteiger partial charge is 0.0813 e. The van der Waals surface area contributed by atoms with E-state index in [0.29, 0.717) is 12.0 Å². The first-order valence-electron chi connectivity index (χ1n) is 7.44. The van der Waals surface area contributed by atoms with Crippen LogP contribution in [0, 0.1) is 0 Å². The van der Waals surface area contributed by atoms with Crippen LogP contribution in [-0.4, -0.2) is 29.8 Å². The fraction of sp³-hybridized carbons (Fsp3) is 0.688. The van der Waals surface area contributed by atoms with Crippen molar-refractivity contribution in [3.63, 3.8) is 0 Å². The van der Waals surface area contributed by atoms with Crippen LogP contribution in [0.3, 0.4) is 0 Å². The lowest BCUT2D eigenvalue weighted by Gasteiger charge is -2.38. The highest BCUT2D eigenvalue weighted by atomic mass is 16.5. The lowest BCUT2D eigenvalue weighted by molar-refractivity contribution is -0.0177. The lowest BCUT2D eigenvalue weighted by atomic mass is 9.81. The van der Waals surface area contributed by atoms with Gasteiger partial charge in [0.1, 0.15) is 0 Å². The molecule has 0 amide bonds. The standard InChI is InChI=1S/C16H26N2O/c1-4-9-18-15(16(3)8-5-12-19-16)13(2)14-6-10-17-11-7-14/h6-7,10-11,13,15,18H,4-5,8-9,12H2,1-3H3. The van der Waals surface area contributed by atoms with Gasteiger partial charge in [-0.1, -0.05) is 13.8 Å². The number of nitrogens with zero attached hydrogens (tertiary/aromatic N) is 1. The highest BCUT2D eigenvalue weighted by Crippen LogP contribution is 2.35. The van der Waals surface area contributed by atoms with Crippen molar-refractivity contribution in [3.8, 4) is 0 Å². The SMILES string of the molecule is CCCNC(C(C)c1ccncc1)C1(C)CCCO1. The molecule has 1 saturated heterocycles. The molecule has 0 bridgehead atoms. The minimum atomic E-state index is -0.0438.